The number of hydrogen-bond donors (Lipinski definition) is 1. The number of halogens is 2. The Morgan fingerprint density at radius 3 is 3.05 bits per heavy atom. The molecule has 0 saturated carbocycles. The van der Waals surface area contributed by atoms with Crippen molar-refractivity contribution < 1.29 is 4.39 Å². The molecule has 0 amide bonds. The van der Waals surface area contributed by atoms with E-state index in [-0.39, 0.29) is 11.9 Å². The molecule has 5 heteroatoms. The zero-order valence-corrected chi connectivity index (χ0v) is 13.7. The van der Waals surface area contributed by atoms with Crippen LogP contribution in [0.4, 0.5) is 4.39 Å². The lowest BCUT2D eigenvalue weighted by atomic mass is 9.98. The first-order valence-corrected chi connectivity index (χ1v) is 8.55. The van der Waals surface area contributed by atoms with Gasteiger partial charge < -0.3 is 5.32 Å². The Balaban J connectivity index is 2.30. The molecule has 1 aromatic carbocycles. The minimum Gasteiger partial charge on any atom is -0.309 e. The van der Waals surface area contributed by atoms with Crippen LogP contribution in [0.1, 0.15) is 18.5 Å². The number of rotatable bonds is 4. The maximum atomic E-state index is 14.3. The molecule has 1 fully saturated rings. The van der Waals surface area contributed by atoms with Gasteiger partial charge in [-0.2, -0.15) is 11.8 Å². The summed E-state index contributed by atoms with van der Waals surface area (Å²) in [5.74, 6) is 2.06. The van der Waals surface area contributed by atoms with E-state index in [1.54, 1.807) is 6.07 Å². The second-order valence-electron chi connectivity index (χ2n) is 4.80. The summed E-state index contributed by atoms with van der Waals surface area (Å²) in [6.45, 7) is 3.97. The van der Waals surface area contributed by atoms with Crippen molar-refractivity contribution in [3.63, 3.8) is 0 Å². The lowest BCUT2D eigenvalue weighted by Gasteiger charge is -2.38. The number of nitrogens with zero attached hydrogens (tertiary/aromatic N) is 1. The third kappa shape index (κ3) is 3.51. The number of benzene rings is 1. The Labute approximate surface area is 127 Å². The first-order valence-electron chi connectivity index (χ1n) is 6.60. The molecule has 0 aliphatic carbocycles. The average Bonchev–Trinajstić information content (AvgIpc) is 2.41. The minimum atomic E-state index is -0.141. The van der Waals surface area contributed by atoms with Crippen LogP contribution in [-0.2, 0) is 0 Å². The first-order chi connectivity index (χ1) is 9.15. The predicted molar refractivity (Wildman–Crippen MR) is 84.3 cm³/mol. The normalized spacial score (nSPS) is 22.4. The summed E-state index contributed by atoms with van der Waals surface area (Å²) in [5.41, 5.74) is 0.760. The van der Waals surface area contributed by atoms with E-state index < -0.39 is 0 Å². The van der Waals surface area contributed by atoms with Crippen LogP contribution >= 0.6 is 27.7 Å². The van der Waals surface area contributed by atoms with Crippen LogP contribution in [0.5, 0.6) is 0 Å². The molecule has 0 spiro atoms. The Hall–Kier alpha value is -0.100. The monoisotopic (exact) mass is 346 g/mol. The van der Waals surface area contributed by atoms with Gasteiger partial charge in [0.25, 0.3) is 0 Å². The standard InChI is InChI=1S/C14H20BrFN2S/c1-3-17-14(12-9-19-8-7-18(12)2)10-5-4-6-11(15)13(10)16/h4-6,12,14,17H,3,7-9H2,1-2H3. The molecule has 1 N–H and O–H groups in total. The molecule has 2 nitrogen and oxygen atoms in total. The molecule has 1 aliphatic heterocycles. The highest BCUT2D eigenvalue weighted by molar-refractivity contribution is 9.10. The van der Waals surface area contributed by atoms with Crippen molar-refractivity contribution in [3.05, 3.63) is 34.1 Å². The van der Waals surface area contributed by atoms with Crippen LogP contribution in [0, 0.1) is 5.82 Å². The number of likely N-dealkylation sites (N-methyl/N-ethyl adjacent to an activating group) is 2. The summed E-state index contributed by atoms with van der Waals surface area (Å²) in [5, 5.41) is 3.45. The Kier molecular flexibility index (Phi) is 5.69. The second-order valence-corrected chi connectivity index (χ2v) is 6.81. The van der Waals surface area contributed by atoms with E-state index in [0.717, 1.165) is 30.2 Å². The van der Waals surface area contributed by atoms with Gasteiger partial charge in [-0.25, -0.2) is 4.39 Å². The van der Waals surface area contributed by atoms with E-state index in [9.17, 15) is 4.39 Å². The van der Waals surface area contributed by atoms with Gasteiger partial charge in [0.15, 0.2) is 0 Å². The Bertz CT molecular complexity index is 430. The van der Waals surface area contributed by atoms with Gasteiger partial charge in [-0.15, -0.1) is 0 Å². The fraction of sp³-hybridized carbons (Fsp3) is 0.571. The molecule has 1 aliphatic rings. The average molecular weight is 347 g/mol. The summed E-state index contributed by atoms with van der Waals surface area (Å²) in [6, 6.07) is 5.92. The molecule has 2 rings (SSSR count). The molecule has 1 aromatic rings. The van der Waals surface area contributed by atoms with E-state index >= 15 is 0 Å². The number of hydrogen-bond acceptors (Lipinski definition) is 3. The van der Waals surface area contributed by atoms with Crippen molar-refractivity contribution in [3.8, 4) is 0 Å². The Morgan fingerprint density at radius 2 is 2.37 bits per heavy atom. The van der Waals surface area contributed by atoms with Gasteiger partial charge in [0.05, 0.1) is 10.5 Å². The smallest absolute Gasteiger partial charge is 0.142 e. The maximum absolute atomic E-state index is 14.3. The summed E-state index contributed by atoms with van der Waals surface area (Å²) in [6.07, 6.45) is 0. The van der Waals surface area contributed by atoms with Crippen molar-refractivity contribution in [1.29, 1.82) is 0 Å². The van der Waals surface area contributed by atoms with Crippen LogP contribution in [0.25, 0.3) is 0 Å². The number of nitrogens with one attached hydrogen (secondary N) is 1. The molecule has 1 saturated heterocycles. The van der Waals surface area contributed by atoms with Gasteiger partial charge in [0.2, 0.25) is 0 Å². The molecule has 19 heavy (non-hydrogen) atoms. The van der Waals surface area contributed by atoms with Crippen LogP contribution < -0.4 is 5.32 Å². The molecular weight excluding hydrogens is 327 g/mol. The molecule has 106 valence electrons. The minimum absolute atomic E-state index is 0.0419. The van der Waals surface area contributed by atoms with Crippen molar-refractivity contribution in [2.75, 3.05) is 31.6 Å². The maximum Gasteiger partial charge on any atom is 0.142 e. The first kappa shape index (κ1) is 15.3. The summed E-state index contributed by atoms with van der Waals surface area (Å²) >= 11 is 5.23. The van der Waals surface area contributed by atoms with Crippen LogP contribution in [0.3, 0.4) is 0 Å². The van der Waals surface area contributed by atoms with Gasteiger partial charge in [-0.3, -0.25) is 4.90 Å². The topological polar surface area (TPSA) is 15.3 Å². The fourth-order valence-electron chi connectivity index (χ4n) is 2.49. The fourth-order valence-corrected chi connectivity index (χ4v) is 4.14. The van der Waals surface area contributed by atoms with Crippen LogP contribution in [-0.4, -0.2) is 42.6 Å². The van der Waals surface area contributed by atoms with Gasteiger partial charge in [0.1, 0.15) is 5.82 Å². The van der Waals surface area contributed by atoms with Crippen molar-refractivity contribution in [2.45, 2.75) is 19.0 Å². The third-order valence-corrected chi connectivity index (χ3v) is 5.23. The third-order valence-electron chi connectivity index (χ3n) is 3.57. The van der Waals surface area contributed by atoms with E-state index in [1.807, 2.05) is 23.9 Å². The molecule has 0 bridgehead atoms. The molecule has 0 radical (unpaired) electrons. The van der Waals surface area contributed by atoms with E-state index in [0.29, 0.717) is 10.5 Å². The van der Waals surface area contributed by atoms with E-state index in [1.165, 1.54) is 0 Å². The molecule has 2 atom stereocenters. The number of thioether (sulfide) groups is 1. The lowest BCUT2D eigenvalue weighted by Crippen LogP contribution is -2.48. The van der Waals surface area contributed by atoms with Gasteiger partial charge in [-0.1, -0.05) is 19.1 Å². The summed E-state index contributed by atoms with van der Waals surface area (Å²) < 4.78 is 14.9. The van der Waals surface area contributed by atoms with Crippen LogP contribution in [0.2, 0.25) is 0 Å². The molecule has 1 heterocycles. The summed E-state index contributed by atoms with van der Waals surface area (Å²) in [4.78, 5) is 2.34. The molecule has 2 unspecified atom stereocenters. The predicted octanol–water partition coefficient (Wildman–Crippen LogP) is 3.29. The van der Waals surface area contributed by atoms with Crippen molar-refractivity contribution in [2.24, 2.45) is 0 Å². The van der Waals surface area contributed by atoms with Crippen molar-refractivity contribution >= 4 is 27.7 Å². The Morgan fingerprint density at radius 1 is 1.58 bits per heavy atom. The molecule has 0 aromatic heterocycles. The van der Waals surface area contributed by atoms with Gasteiger partial charge in [-0.05, 0) is 35.6 Å². The zero-order chi connectivity index (χ0) is 13.8. The van der Waals surface area contributed by atoms with E-state index in [4.69, 9.17) is 0 Å². The van der Waals surface area contributed by atoms with Crippen LogP contribution in [0.15, 0.2) is 22.7 Å². The highest BCUT2D eigenvalue weighted by Gasteiger charge is 2.30. The lowest BCUT2D eigenvalue weighted by molar-refractivity contribution is 0.214. The van der Waals surface area contributed by atoms with Crippen molar-refractivity contribution in [1.82, 2.24) is 10.2 Å². The highest BCUT2D eigenvalue weighted by atomic mass is 79.9. The second kappa shape index (κ2) is 7.07. The quantitative estimate of drug-likeness (QED) is 0.900. The van der Waals surface area contributed by atoms with E-state index in [2.05, 4.69) is 40.1 Å². The van der Waals surface area contributed by atoms with Gasteiger partial charge >= 0.3 is 0 Å². The highest BCUT2D eigenvalue weighted by Crippen LogP contribution is 2.30. The van der Waals surface area contributed by atoms with Gasteiger partial charge in [0, 0.05) is 29.7 Å². The zero-order valence-electron chi connectivity index (χ0n) is 11.3. The largest absolute Gasteiger partial charge is 0.309 e. The SMILES string of the molecule is CCNC(c1cccc(Br)c1F)C1CSCCN1C. The molecular formula is C14H20BrFN2S. The summed E-state index contributed by atoms with van der Waals surface area (Å²) in [7, 11) is 2.13.